The molecular weight excluding hydrogens is 979 g/mol. The Morgan fingerprint density at radius 2 is 0.808 bits per heavy atom. The molecule has 0 N–H and O–H groups in total. The Kier molecular flexibility index (Phi) is 10.5. The summed E-state index contributed by atoms with van der Waals surface area (Å²) in [7, 11) is 9.87. The third-order valence-corrected chi connectivity index (χ3v) is 15.4. The van der Waals surface area contributed by atoms with Crippen LogP contribution in [0.3, 0.4) is 0 Å². The standard InChI is InChI=1S/C66H47N3O9/c1-72-44-16-23-56-52(32-44)50-29-38(13-21-54(50)68(56)76-5)42-27-41-12-10-37-8-7-36-9-11-39-28-43(67-58-34-46(74-3)18-25-60(58)78-61-26-19-47(75-4)35-59(61)67)15-20-48(39)65(70)63(36)64(37)66(71)62(41)49(31-42)40-14-22-55-51(30-40)53-33-45(73-2)17-24-57(53)69(55)77-6/h7-35H,1-6H3. The molecule has 0 saturated carbocycles. The quantitative estimate of drug-likeness (QED) is 0.139. The normalized spacial score (nSPS) is 12.2. The molecule has 0 aliphatic carbocycles. The Labute approximate surface area is 445 Å². The van der Waals surface area contributed by atoms with E-state index >= 15 is 9.59 Å². The summed E-state index contributed by atoms with van der Waals surface area (Å²) in [5.41, 5.74) is 8.62. The second-order valence-corrected chi connectivity index (χ2v) is 19.4. The number of nitrogens with zero attached hydrogens (tertiary/aromatic N) is 3. The third kappa shape index (κ3) is 6.92. The van der Waals surface area contributed by atoms with Crippen LogP contribution in [0.15, 0.2) is 186 Å². The molecule has 0 radical (unpaired) electrons. The molecule has 12 heteroatoms. The van der Waals surface area contributed by atoms with Gasteiger partial charge in [-0.15, -0.1) is 0 Å². The molecule has 14 rings (SSSR count). The maximum atomic E-state index is 16.1. The van der Waals surface area contributed by atoms with E-state index in [1.165, 1.54) is 0 Å². The van der Waals surface area contributed by atoms with E-state index in [-0.39, 0.29) is 10.9 Å². The lowest BCUT2D eigenvalue weighted by Gasteiger charge is -2.33. The molecule has 11 aromatic carbocycles. The van der Waals surface area contributed by atoms with E-state index in [0.717, 1.165) is 83.1 Å². The summed E-state index contributed by atoms with van der Waals surface area (Å²) >= 11 is 0. The topological polar surface area (TPSA) is 112 Å². The van der Waals surface area contributed by atoms with Crippen LogP contribution >= 0.6 is 0 Å². The summed E-state index contributed by atoms with van der Waals surface area (Å²) < 4.78 is 32.7. The lowest BCUT2D eigenvalue weighted by Crippen LogP contribution is -2.16. The van der Waals surface area contributed by atoms with Crippen LogP contribution in [-0.4, -0.2) is 52.1 Å². The van der Waals surface area contributed by atoms with Gasteiger partial charge in [0.25, 0.3) is 0 Å². The molecule has 12 nitrogen and oxygen atoms in total. The summed E-state index contributed by atoms with van der Waals surface area (Å²) in [5, 5.41) is 8.07. The molecule has 13 aromatic rings. The highest BCUT2D eigenvalue weighted by Crippen LogP contribution is 2.53. The van der Waals surface area contributed by atoms with Crippen LogP contribution in [0.5, 0.6) is 34.5 Å². The van der Waals surface area contributed by atoms with E-state index < -0.39 is 0 Å². The van der Waals surface area contributed by atoms with Gasteiger partial charge in [-0.3, -0.25) is 9.59 Å². The van der Waals surface area contributed by atoms with Gasteiger partial charge >= 0.3 is 0 Å². The van der Waals surface area contributed by atoms with Crippen molar-refractivity contribution in [2.75, 3.05) is 47.6 Å². The number of rotatable bonds is 9. The van der Waals surface area contributed by atoms with E-state index in [0.29, 0.717) is 77.4 Å². The Morgan fingerprint density at radius 1 is 0.346 bits per heavy atom. The van der Waals surface area contributed by atoms with Crippen molar-refractivity contribution in [3.05, 3.63) is 196 Å². The predicted octanol–water partition coefficient (Wildman–Crippen LogP) is 14.3. The van der Waals surface area contributed by atoms with Gasteiger partial charge in [0.1, 0.15) is 37.2 Å². The summed E-state index contributed by atoms with van der Waals surface area (Å²) in [6.07, 6.45) is 0. The van der Waals surface area contributed by atoms with Crippen LogP contribution in [0.2, 0.25) is 0 Å². The monoisotopic (exact) mass is 1030 g/mol. The van der Waals surface area contributed by atoms with Gasteiger partial charge in [0.05, 0.1) is 61.9 Å². The molecule has 2 aromatic heterocycles. The highest BCUT2D eigenvalue weighted by Gasteiger charge is 2.28. The van der Waals surface area contributed by atoms with Crippen molar-refractivity contribution >= 4 is 104 Å². The number of hydrogen-bond acceptors (Lipinski definition) is 10. The minimum absolute atomic E-state index is 0.259. The molecule has 0 fully saturated rings. The van der Waals surface area contributed by atoms with Crippen LogP contribution in [0.1, 0.15) is 0 Å². The fourth-order valence-electron chi connectivity index (χ4n) is 11.7. The SMILES string of the molecule is COc1ccc2c(c1)N(c1ccc3c(=O)c4c(ccc3c1)ccc1ccc3cc(-c5ccc6c(c5)c5cc(OC)ccc5n6OC)cc(-c5ccc6c(c5)c5cc(OC)ccc5n6OC)c3c(=O)c14)c1cc(OC)ccc1O2. The fraction of sp³-hybridized carbons (Fsp3) is 0.0909. The van der Waals surface area contributed by atoms with Crippen LogP contribution in [0.25, 0.3) is 109 Å². The van der Waals surface area contributed by atoms with Crippen molar-refractivity contribution in [1.29, 1.82) is 0 Å². The highest BCUT2D eigenvalue weighted by molar-refractivity contribution is 6.16. The first-order valence-corrected chi connectivity index (χ1v) is 25.3. The molecular formula is C66H47N3O9. The van der Waals surface area contributed by atoms with Crippen LogP contribution in [0, 0.1) is 0 Å². The van der Waals surface area contributed by atoms with E-state index in [9.17, 15) is 0 Å². The van der Waals surface area contributed by atoms with Gasteiger partial charge < -0.3 is 38.3 Å². The lowest BCUT2D eigenvalue weighted by molar-refractivity contribution is 0.190. The molecule has 1 aliphatic rings. The molecule has 0 spiro atoms. The Morgan fingerprint density at radius 3 is 1.36 bits per heavy atom. The minimum atomic E-state index is -0.263. The van der Waals surface area contributed by atoms with E-state index in [4.69, 9.17) is 33.4 Å². The smallest absolute Gasteiger partial charge is 0.195 e. The number of methoxy groups -OCH3 is 4. The predicted molar refractivity (Wildman–Crippen MR) is 312 cm³/mol. The number of ether oxygens (including phenoxy) is 5. The van der Waals surface area contributed by atoms with Crippen molar-refractivity contribution in [2.45, 2.75) is 0 Å². The van der Waals surface area contributed by atoms with Gasteiger partial charge in [0.2, 0.25) is 0 Å². The summed E-state index contributed by atoms with van der Waals surface area (Å²) in [4.78, 5) is 45.6. The van der Waals surface area contributed by atoms with Crippen molar-refractivity contribution in [2.24, 2.45) is 0 Å². The average Bonchev–Trinajstić information content (AvgIpc) is 4.09. The largest absolute Gasteiger partial charge is 0.497 e. The molecule has 380 valence electrons. The molecule has 0 bridgehead atoms. The summed E-state index contributed by atoms with van der Waals surface area (Å²) in [6, 6.07) is 57.3. The minimum Gasteiger partial charge on any atom is -0.497 e. The lowest BCUT2D eigenvalue weighted by atomic mass is 9.92. The number of benzene rings is 9. The van der Waals surface area contributed by atoms with Gasteiger partial charge in [-0.1, -0.05) is 48.5 Å². The van der Waals surface area contributed by atoms with E-state index in [1.54, 1.807) is 47.4 Å². The highest BCUT2D eigenvalue weighted by atomic mass is 16.6. The third-order valence-electron chi connectivity index (χ3n) is 15.4. The Hall–Kier alpha value is -10.2. The molecule has 0 unspecified atom stereocenters. The molecule has 0 saturated heterocycles. The van der Waals surface area contributed by atoms with Gasteiger partial charge in [-0.2, -0.15) is 9.46 Å². The van der Waals surface area contributed by atoms with Crippen LogP contribution in [0.4, 0.5) is 17.1 Å². The Bertz CT molecular complexity index is 4820. The van der Waals surface area contributed by atoms with E-state index in [1.807, 2.05) is 144 Å². The zero-order valence-corrected chi connectivity index (χ0v) is 43.3. The second kappa shape index (κ2) is 17.7. The van der Waals surface area contributed by atoms with Crippen LogP contribution < -0.4 is 49.1 Å². The van der Waals surface area contributed by atoms with Crippen molar-refractivity contribution in [3.63, 3.8) is 0 Å². The van der Waals surface area contributed by atoms with Crippen molar-refractivity contribution in [1.82, 2.24) is 9.46 Å². The number of aromatic nitrogens is 2. The first kappa shape index (κ1) is 46.3. The molecule has 0 amide bonds. The summed E-state index contributed by atoms with van der Waals surface area (Å²) in [5.74, 6) is 4.03. The molecule has 0 atom stereocenters. The fourth-order valence-corrected chi connectivity index (χ4v) is 11.7. The molecule has 3 heterocycles. The molecule has 1 aliphatic heterocycles. The number of anilines is 3. The van der Waals surface area contributed by atoms with Gasteiger partial charge in [0, 0.05) is 60.9 Å². The number of hydrogen-bond donors (Lipinski definition) is 0. The van der Waals surface area contributed by atoms with Gasteiger partial charge in [-0.05, 0) is 159 Å². The first-order valence-electron chi connectivity index (χ1n) is 25.3. The Balaban J connectivity index is 1.03. The maximum Gasteiger partial charge on any atom is 0.195 e. The van der Waals surface area contributed by atoms with Gasteiger partial charge in [-0.25, -0.2) is 0 Å². The second-order valence-electron chi connectivity index (χ2n) is 19.4. The number of fused-ring (bicyclic) bond motifs is 13. The summed E-state index contributed by atoms with van der Waals surface area (Å²) in [6.45, 7) is 0. The van der Waals surface area contributed by atoms with Crippen molar-refractivity contribution in [3.8, 4) is 56.8 Å². The average molecular weight is 1030 g/mol. The first-order chi connectivity index (χ1) is 38.2. The zero-order valence-electron chi connectivity index (χ0n) is 43.3. The van der Waals surface area contributed by atoms with Crippen molar-refractivity contribution < 1.29 is 33.4 Å². The zero-order chi connectivity index (χ0) is 53.1. The molecule has 78 heavy (non-hydrogen) atoms. The van der Waals surface area contributed by atoms with Gasteiger partial charge in [0.15, 0.2) is 22.4 Å². The van der Waals surface area contributed by atoms with Crippen LogP contribution in [-0.2, 0) is 0 Å². The van der Waals surface area contributed by atoms with E-state index in [2.05, 4.69) is 41.3 Å². The maximum absolute atomic E-state index is 16.1.